The highest BCUT2D eigenvalue weighted by molar-refractivity contribution is 14.1. The predicted octanol–water partition coefficient (Wildman–Crippen LogP) is 5.53. The van der Waals surface area contributed by atoms with E-state index < -0.39 is 28.5 Å². The zero-order valence-electron chi connectivity index (χ0n) is 21.8. The first-order valence-electron chi connectivity index (χ1n) is 12.2. The maximum atomic E-state index is 14.0. The number of hydrogen-bond donors (Lipinski definition) is 1. The summed E-state index contributed by atoms with van der Waals surface area (Å²) in [6.07, 6.45) is 1.27. The molecule has 0 aliphatic heterocycles. The van der Waals surface area contributed by atoms with Crippen LogP contribution in [-0.2, 0) is 32.6 Å². The van der Waals surface area contributed by atoms with Crippen LogP contribution >= 0.6 is 45.8 Å². The van der Waals surface area contributed by atoms with E-state index in [-0.39, 0.29) is 24.9 Å². The molecule has 1 atom stereocenters. The first-order chi connectivity index (χ1) is 18.3. The lowest BCUT2D eigenvalue weighted by Crippen LogP contribution is -2.54. The Hall–Kier alpha value is -2.34. The Kier molecular flexibility index (Phi) is 11.1. The van der Waals surface area contributed by atoms with Crippen LogP contribution in [0.15, 0.2) is 72.8 Å². The van der Waals surface area contributed by atoms with E-state index in [9.17, 15) is 18.0 Å². The van der Waals surface area contributed by atoms with Crippen LogP contribution in [0.1, 0.15) is 25.0 Å². The third kappa shape index (κ3) is 9.09. The second-order valence-corrected chi connectivity index (χ2v) is 13.4. The Labute approximate surface area is 253 Å². The molecule has 0 radical (unpaired) electrons. The zero-order chi connectivity index (χ0) is 28.7. The molecule has 0 spiro atoms. The van der Waals surface area contributed by atoms with E-state index in [0.717, 1.165) is 19.7 Å². The molecule has 2 amide bonds. The van der Waals surface area contributed by atoms with Crippen LogP contribution in [0.3, 0.4) is 0 Å². The number of nitrogens with zero attached hydrogens (tertiary/aromatic N) is 2. The molecule has 7 nitrogen and oxygen atoms in total. The normalized spacial score (nSPS) is 12.2. The second kappa shape index (κ2) is 13.8. The van der Waals surface area contributed by atoms with E-state index in [4.69, 9.17) is 23.2 Å². The van der Waals surface area contributed by atoms with Crippen molar-refractivity contribution in [3.8, 4) is 0 Å². The minimum atomic E-state index is -3.83. The van der Waals surface area contributed by atoms with E-state index in [0.29, 0.717) is 21.3 Å². The van der Waals surface area contributed by atoms with Gasteiger partial charge in [-0.25, -0.2) is 8.42 Å². The molecule has 0 fully saturated rings. The summed E-state index contributed by atoms with van der Waals surface area (Å²) in [7, 11) is -3.83. The molecule has 0 saturated carbocycles. The maximum Gasteiger partial charge on any atom is 0.244 e. The molecule has 208 valence electrons. The highest BCUT2D eigenvalue weighted by Gasteiger charge is 2.33. The van der Waals surface area contributed by atoms with Crippen LogP contribution in [0.5, 0.6) is 0 Å². The summed E-state index contributed by atoms with van der Waals surface area (Å²) in [6.45, 7) is 3.15. The number of amides is 2. The van der Waals surface area contributed by atoms with Gasteiger partial charge < -0.3 is 10.2 Å². The third-order valence-electron chi connectivity index (χ3n) is 5.85. The van der Waals surface area contributed by atoms with E-state index in [1.54, 1.807) is 42.5 Å². The van der Waals surface area contributed by atoms with Crippen LogP contribution in [0.2, 0.25) is 10.0 Å². The number of carbonyl (C=O) groups is 2. The number of hydrogen-bond acceptors (Lipinski definition) is 4. The second-order valence-electron chi connectivity index (χ2n) is 9.37. The Morgan fingerprint density at radius 3 is 2.18 bits per heavy atom. The molecular weight excluding hydrogens is 672 g/mol. The molecule has 0 aliphatic carbocycles. The number of anilines is 1. The lowest BCUT2D eigenvalue weighted by Gasteiger charge is -2.34. The minimum Gasteiger partial charge on any atom is -0.352 e. The Bertz CT molecular complexity index is 1400. The van der Waals surface area contributed by atoms with Crippen LogP contribution in [0.4, 0.5) is 5.69 Å². The third-order valence-corrected chi connectivity index (χ3v) is 8.30. The van der Waals surface area contributed by atoms with Crippen LogP contribution in [0, 0.1) is 3.57 Å². The quantitative estimate of drug-likeness (QED) is 0.267. The average Bonchev–Trinajstić information content (AvgIpc) is 2.86. The van der Waals surface area contributed by atoms with Crippen molar-refractivity contribution >= 4 is 73.3 Å². The van der Waals surface area contributed by atoms with Gasteiger partial charge in [-0.3, -0.25) is 13.9 Å². The molecule has 11 heteroatoms. The van der Waals surface area contributed by atoms with Gasteiger partial charge in [-0.1, -0.05) is 59.6 Å². The summed E-state index contributed by atoms with van der Waals surface area (Å²) in [6, 6.07) is 19.9. The first-order valence-corrected chi connectivity index (χ1v) is 15.8. The highest BCUT2D eigenvalue weighted by Crippen LogP contribution is 2.25. The summed E-state index contributed by atoms with van der Waals surface area (Å²) < 4.78 is 27.6. The molecule has 0 aliphatic rings. The van der Waals surface area contributed by atoms with Gasteiger partial charge in [0.2, 0.25) is 21.8 Å². The number of rotatable bonds is 11. The summed E-state index contributed by atoms with van der Waals surface area (Å²) in [4.78, 5) is 28.9. The molecule has 0 saturated heterocycles. The van der Waals surface area contributed by atoms with Gasteiger partial charge in [-0.15, -0.1) is 0 Å². The molecular formula is C28H30Cl2IN3O4S. The van der Waals surface area contributed by atoms with E-state index in [1.807, 2.05) is 44.2 Å². The molecule has 3 aromatic rings. The smallest absolute Gasteiger partial charge is 0.244 e. The number of sulfonamides is 1. The fourth-order valence-electron chi connectivity index (χ4n) is 3.99. The highest BCUT2D eigenvalue weighted by atomic mass is 127. The van der Waals surface area contributed by atoms with Crippen molar-refractivity contribution in [2.45, 2.75) is 38.9 Å². The van der Waals surface area contributed by atoms with Gasteiger partial charge >= 0.3 is 0 Å². The van der Waals surface area contributed by atoms with Crippen molar-refractivity contribution in [3.63, 3.8) is 0 Å². The van der Waals surface area contributed by atoms with Gasteiger partial charge in [0, 0.05) is 32.6 Å². The fraction of sp³-hybridized carbons (Fsp3) is 0.286. The Balaban J connectivity index is 2.07. The molecule has 0 bridgehead atoms. The lowest BCUT2D eigenvalue weighted by atomic mass is 10.0. The van der Waals surface area contributed by atoms with Gasteiger partial charge in [0.25, 0.3) is 0 Å². The van der Waals surface area contributed by atoms with Crippen LogP contribution in [0.25, 0.3) is 0 Å². The van der Waals surface area contributed by atoms with Crippen molar-refractivity contribution in [1.82, 2.24) is 10.2 Å². The Morgan fingerprint density at radius 1 is 0.974 bits per heavy atom. The molecule has 39 heavy (non-hydrogen) atoms. The van der Waals surface area contributed by atoms with Gasteiger partial charge in [0.15, 0.2) is 0 Å². The van der Waals surface area contributed by atoms with Crippen LogP contribution < -0.4 is 9.62 Å². The predicted molar refractivity (Wildman–Crippen MR) is 166 cm³/mol. The zero-order valence-corrected chi connectivity index (χ0v) is 26.3. The van der Waals surface area contributed by atoms with Gasteiger partial charge in [0.1, 0.15) is 12.6 Å². The topological polar surface area (TPSA) is 86.8 Å². The minimum absolute atomic E-state index is 0.0257. The van der Waals surface area contributed by atoms with E-state index >= 15 is 0 Å². The number of halogens is 3. The monoisotopic (exact) mass is 701 g/mol. The van der Waals surface area contributed by atoms with Crippen LogP contribution in [-0.4, -0.2) is 50.0 Å². The molecule has 1 N–H and O–H groups in total. The largest absolute Gasteiger partial charge is 0.352 e. The number of carbonyl (C=O) groups excluding carboxylic acids is 2. The molecule has 3 rings (SSSR count). The van der Waals surface area contributed by atoms with Crippen molar-refractivity contribution in [3.05, 3.63) is 97.5 Å². The summed E-state index contributed by atoms with van der Waals surface area (Å²) >= 11 is 14.7. The number of nitrogens with one attached hydrogen (secondary N) is 1. The average molecular weight is 702 g/mol. The van der Waals surface area contributed by atoms with Crippen molar-refractivity contribution in [2.24, 2.45) is 0 Å². The summed E-state index contributed by atoms with van der Waals surface area (Å²) in [5, 5.41) is 3.68. The molecule has 1 unspecified atom stereocenters. The Morgan fingerprint density at radius 2 is 1.62 bits per heavy atom. The first kappa shape index (κ1) is 31.2. The van der Waals surface area contributed by atoms with Gasteiger partial charge in [-0.05, 0) is 84.0 Å². The summed E-state index contributed by atoms with van der Waals surface area (Å²) in [5.74, 6) is -0.905. The fourth-order valence-corrected chi connectivity index (χ4v) is 5.67. The van der Waals surface area contributed by atoms with Gasteiger partial charge in [0.05, 0.1) is 11.9 Å². The summed E-state index contributed by atoms with van der Waals surface area (Å²) in [5.41, 5.74) is 1.77. The molecule has 0 aromatic heterocycles. The van der Waals surface area contributed by atoms with E-state index in [2.05, 4.69) is 27.9 Å². The van der Waals surface area contributed by atoms with Crippen molar-refractivity contribution < 1.29 is 18.0 Å². The lowest BCUT2D eigenvalue weighted by molar-refractivity contribution is -0.140. The standard InChI is InChI=1S/C28H30Cl2IN3O4S/c1-19(2)32-28(36)26(15-20-7-5-4-6-8-20)33(17-21-9-10-22(29)16-25(21)30)27(35)18-34(39(3,37)38)24-13-11-23(31)12-14-24/h4-14,16,19,26H,15,17-18H2,1-3H3,(H,32,36). The molecule has 0 heterocycles. The van der Waals surface area contributed by atoms with E-state index in [1.165, 1.54) is 4.90 Å². The molecule has 3 aromatic carbocycles. The van der Waals surface area contributed by atoms with Crippen molar-refractivity contribution in [1.29, 1.82) is 0 Å². The SMILES string of the molecule is CC(C)NC(=O)C(Cc1ccccc1)N(Cc1ccc(Cl)cc1Cl)C(=O)CN(c1ccc(I)cc1)S(C)(=O)=O. The maximum absolute atomic E-state index is 14.0. The van der Waals surface area contributed by atoms with Gasteiger partial charge in [-0.2, -0.15) is 0 Å². The van der Waals surface area contributed by atoms with Crippen molar-refractivity contribution in [2.75, 3.05) is 17.1 Å². The number of benzene rings is 3.